The van der Waals surface area contributed by atoms with E-state index in [0.29, 0.717) is 0 Å². The van der Waals surface area contributed by atoms with E-state index >= 15 is 0 Å². The van der Waals surface area contributed by atoms with Crippen LogP contribution in [0.5, 0.6) is 0 Å². The monoisotopic (exact) mass is 183 g/mol. The zero-order valence-electron chi connectivity index (χ0n) is 7.76. The third-order valence-electron chi connectivity index (χ3n) is 2.14. The van der Waals surface area contributed by atoms with Crippen molar-refractivity contribution in [3.8, 4) is 0 Å². The second-order valence-corrected chi connectivity index (χ2v) is 2.95. The van der Waals surface area contributed by atoms with E-state index in [1.54, 1.807) is 0 Å². The molecular weight excluding hydrogens is 169 g/mol. The van der Waals surface area contributed by atoms with Crippen molar-refractivity contribution in [2.45, 2.75) is 25.7 Å². The normalized spacial score (nSPS) is 14.1. The van der Waals surface area contributed by atoms with Gasteiger partial charge in [0, 0.05) is 12.8 Å². The molecule has 0 unspecified atom stereocenters. The van der Waals surface area contributed by atoms with Gasteiger partial charge in [-0.3, -0.25) is 0 Å². The highest BCUT2D eigenvalue weighted by atomic mass is 19.1. The summed E-state index contributed by atoms with van der Waals surface area (Å²) < 4.78 is 12.6. The molecule has 1 aromatic heterocycles. The molecule has 1 aliphatic rings. The Morgan fingerprint density at radius 1 is 1.23 bits per heavy atom. The van der Waals surface area contributed by atoms with Crippen molar-refractivity contribution in [3.63, 3.8) is 0 Å². The summed E-state index contributed by atoms with van der Waals surface area (Å²) in [5.41, 5.74) is 2.20. The Morgan fingerprint density at radius 3 is 2.69 bits per heavy atom. The van der Waals surface area contributed by atoms with Gasteiger partial charge in [-0.1, -0.05) is 6.07 Å². The van der Waals surface area contributed by atoms with Crippen molar-refractivity contribution < 1.29 is 9.50 Å². The predicted molar refractivity (Wildman–Crippen MR) is 49.0 cm³/mol. The second-order valence-electron chi connectivity index (χ2n) is 2.95. The van der Waals surface area contributed by atoms with Crippen LogP contribution in [0.1, 0.15) is 24.1 Å². The van der Waals surface area contributed by atoms with Crippen LogP contribution in [-0.2, 0) is 12.8 Å². The third-order valence-corrected chi connectivity index (χ3v) is 2.14. The number of rotatable bonds is 0. The largest absolute Gasteiger partial charge is 0.400 e. The number of halogens is 1. The van der Waals surface area contributed by atoms with Crippen LogP contribution >= 0.6 is 0 Å². The minimum atomic E-state index is -0.342. The second kappa shape index (κ2) is 4.92. The highest BCUT2D eigenvalue weighted by Gasteiger charge is 2.10. The van der Waals surface area contributed by atoms with E-state index in [0.717, 1.165) is 32.1 Å². The van der Waals surface area contributed by atoms with E-state index in [4.69, 9.17) is 5.11 Å². The number of fused-ring (bicyclic) bond motifs is 1. The van der Waals surface area contributed by atoms with Gasteiger partial charge >= 0.3 is 0 Å². The maximum atomic E-state index is 12.6. The summed E-state index contributed by atoms with van der Waals surface area (Å²) in [5.74, 6) is -0.342. The zero-order valence-corrected chi connectivity index (χ0v) is 7.76. The maximum absolute atomic E-state index is 12.6. The van der Waals surface area contributed by atoms with Crippen LogP contribution in [0.2, 0.25) is 0 Å². The summed E-state index contributed by atoms with van der Waals surface area (Å²) in [6.07, 6.45) is 4.40. The van der Waals surface area contributed by atoms with Gasteiger partial charge in [-0.05, 0) is 37.3 Å². The third kappa shape index (κ3) is 2.49. The number of hydrogen-bond donors (Lipinski definition) is 1. The van der Waals surface area contributed by atoms with Crippen LogP contribution in [0.4, 0.5) is 4.39 Å². The van der Waals surface area contributed by atoms with Crippen molar-refractivity contribution in [1.29, 1.82) is 0 Å². The minimum absolute atomic E-state index is 0.342. The van der Waals surface area contributed by atoms with E-state index in [-0.39, 0.29) is 5.95 Å². The molecule has 1 aromatic rings. The molecule has 1 N–H and O–H groups in total. The fourth-order valence-electron chi connectivity index (χ4n) is 1.56. The van der Waals surface area contributed by atoms with Gasteiger partial charge in [-0.2, -0.15) is 4.39 Å². The molecule has 0 saturated heterocycles. The number of pyridine rings is 1. The molecule has 0 amide bonds. The molecule has 0 aliphatic heterocycles. The number of aryl methyl sites for hydroxylation is 2. The Kier molecular flexibility index (Phi) is 3.83. The highest BCUT2D eigenvalue weighted by Crippen LogP contribution is 2.18. The summed E-state index contributed by atoms with van der Waals surface area (Å²) in [5, 5.41) is 7.00. The maximum Gasteiger partial charge on any atom is 0.213 e. The number of nitrogens with zero attached hydrogens (tertiary/aromatic N) is 1. The minimum Gasteiger partial charge on any atom is -0.400 e. The number of aliphatic hydroxyl groups is 1. The van der Waals surface area contributed by atoms with E-state index < -0.39 is 0 Å². The highest BCUT2D eigenvalue weighted by molar-refractivity contribution is 5.22. The summed E-state index contributed by atoms with van der Waals surface area (Å²) in [4.78, 5) is 3.85. The molecular formula is C10H14FNO. The molecule has 0 radical (unpaired) electrons. The Hall–Kier alpha value is -0.960. The van der Waals surface area contributed by atoms with E-state index in [1.807, 2.05) is 6.07 Å². The lowest BCUT2D eigenvalue weighted by atomic mass is 9.96. The number of aliphatic hydroxyl groups excluding tert-OH is 1. The SMILES string of the molecule is CO.Fc1ccc2c(n1)CCCC2. The molecule has 13 heavy (non-hydrogen) atoms. The number of hydrogen-bond acceptors (Lipinski definition) is 2. The summed E-state index contributed by atoms with van der Waals surface area (Å²) in [6, 6.07) is 3.31. The average molecular weight is 183 g/mol. The molecule has 1 aliphatic carbocycles. The topological polar surface area (TPSA) is 33.1 Å². The molecule has 0 saturated carbocycles. The predicted octanol–water partition coefficient (Wildman–Crippen LogP) is 1.71. The quantitative estimate of drug-likeness (QED) is 0.621. The molecule has 2 nitrogen and oxygen atoms in total. The molecule has 72 valence electrons. The average Bonchev–Trinajstić information content (AvgIpc) is 2.21. The Balaban J connectivity index is 0.000000396. The van der Waals surface area contributed by atoms with Gasteiger partial charge in [0.15, 0.2) is 0 Å². The summed E-state index contributed by atoms with van der Waals surface area (Å²) in [7, 11) is 1.00. The van der Waals surface area contributed by atoms with Crippen LogP contribution in [-0.4, -0.2) is 17.2 Å². The van der Waals surface area contributed by atoms with Gasteiger partial charge in [-0.25, -0.2) is 4.98 Å². The molecule has 0 aromatic carbocycles. The molecule has 0 fully saturated rings. The standard InChI is InChI=1S/C9H10FN.CH4O/c10-9-6-5-7-3-1-2-4-8(7)11-9;1-2/h5-6H,1-4H2;2H,1H3. The van der Waals surface area contributed by atoms with Crippen molar-refractivity contribution in [2.24, 2.45) is 0 Å². The molecule has 0 atom stereocenters. The van der Waals surface area contributed by atoms with Gasteiger partial charge < -0.3 is 5.11 Å². The molecule has 1 heterocycles. The van der Waals surface area contributed by atoms with Gasteiger partial charge in [0.1, 0.15) is 0 Å². The van der Waals surface area contributed by atoms with Crippen LogP contribution in [0.3, 0.4) is 0 Å². The smallest absolute Gasteiger partial charge is 0.213 e. The fourth-order valence-corrected chi connectivity index (χ4v) is 1.56. The first-order valence-corrected chi connectivity index (χ1v) is 4.45. The zero-order chi connectivity index (χ0) is 9.68. The first-order valence-electron chi connectivity index (χ1n) is 4.45. The van der Waals surface area contributed by atoms with E-state index in [1.165, 1.54) is 18.1 Å². The Labute approximate surface area is 77.4 Å². The molecule has 0 bridgehead atoms. The van der Waals surface area contributed by atoms with Crippen molar-refractivity contribution in [2.75, 3.05) is 7.11 Å². The van der Waals surface area contributed by atoms with Crippen LogP contribution in [0.25, 0.3) is 0 Å². The summed E-state index contributed by atoms with van der Waals surface area (Å²) in [6.45, 7) is 0. The lowest BCUT2D eigenvalue weighted by molar-refractivity contribution is 0.399. The Morgan fingerprint density at radius 2 is 1.92 bits per heavy atom. The van der Waals surface area contributed by atoms with E-state index in [9.17, 15) is 4.39 Å². The Bertz CT molecular complexity index is 276. The first kappa shape index (κ1) is 10.1. The first-order chi connectivity index (χ1) is 6.36. The van der Waals surface area contributed by atoms with Gasteiger partial charge in [0.2, 0.25) is 5.95 Å². The van der Waals surface area contributed by atoms with E-state index in [2.05, 4.69) is 4.98 Å². The van der Waals surface area contributed by atoms with Gasteiger partial charge in [0.25, 0.3) is 0 Å². The molecule has 0 spiro atoms. The lowest BCUT2D eigenvalue weighted by Crippen LogP contribution is -2.05. The molecule has 3 heteroatoms. The fraction of sp³-hybridized carbons (Fsp3) is 0.500. The van der Waals surface area contributed by atoms with Crippen LogP contribution in [0.15, 0.2) is 12.1 Å². The van der Waals surface area contributed by atoms with Crippen LogP contribution in [0, 0.1) is 5.95 Å². The van der Waals surface area contributed by atoms with Crippen molar-refractivity contribution in [3.05, 3.63) is 29.3 Å². The van der Waals surface area contributed by atoms with Gasteiger partial charge in [0.05, 0.1) is 0 Å². The van der Waals surface area contributed by atoms with Crippen molar-refractivity contribution in [1.82, 2.24) is 4.98 Å². The number of aromatic nitrogens is 1. The van der Waals surface area contributed by atoms with Gasteiger partial charge in [-0.15, -0.1) is 0 Å². The van der Waals surface area contributed by atoms with Crippen molar-refractivity contribution >= 4 is 0 Å². The summed E-state index contributed by atoms with van der Waals surface area (Å²) >= 11 is 0. The molecule has 2 rings (SSSR count). The lowest BCUT2D eigenvalue weighted by Gasteiger charge is -2.13. The van der Waals surface area contributed by atoms with Crippen LogP contribution < -0.4 is 0 Å².